The summed E-state index contributed by atoms with van der Waals surface area (Å²) in [5.41, 5.74) is 8.78. The van der Waals surface area contributed by atoms with Crippen LogP contribution in [-0.2, 0) is 11.8 Å². The summed E-state index contributed by atoms with van der Waals surface area (Å²) in [4.78, 5) is 15.4. The zero-order chi connectivity index (χ0) is 25.6. The molecule has 3 N–H and O–H groups in total. The van der Waals surface area contributed by atoms with E-state index in [1.807, 2.05) is 12.1 Å². The molecule has 6 rings (SSSR count). The third kappa shape index (κ3) is 4.43. The van der Waals surface area contributed by atoms with Gasteiger partial charge in [0, 0.05) is 61.5 Å². The van der Waals surface area contributed by atoms with Gasteiger partial charge in [0.2, 0.25) is 17.6 Å². The maximum atomic E-state index is 9.82. The smallest absolute Gasteiger partial charge is 0.237 e. The molecule has 2 atom stereocenters. The predicted molar refractivity (Wildman–Crippen MR) is 142 cm³/mol. The van der Waals surface area contributed by atoms with Gasteiger partial charge in [-0.15, -0.1) is 11.3 Å². The minimum absolute atomic E-state index is 0.109. The zero-order valence-corrected chi connectivity index (χ0v) is 22.1. The molecule has 3 aromatic rings. The molecule has 0 unspecified atom stereocenters. The highest BCUT2D eigenvalue weighted by Crippen LogP contribution is 2.48. The van der Waals surface area contributed by atoms with Crippen LogP contribution in [0.3, 0.4) is 0 Å². The lowest BCUT2D eigenvalue weighted by molar-refractivity contribution is 0.200. The molecule has 1 aliphatic carbocycles. The van der Waals surface area contributed by atoms with E-state index in [4.69, 9.17) is 25.0 Å². The summed E-state index contributed by atoms with van der Waals surface area (Å²) >= 11 is 1.50. The van der Waals surface area contributed by atoms with Gasteiger partial charge in [-0.2, -0.15) is 10.2 Å². The molecule has 0 aromatic carbocycles. The van der Waals surface area contributed by atoms with Crippen LogP contribution in [0.1, 0.15) is 48.1 Å². The van der Waals surface area contributed by atoms with Crippen molar-refractivity contribution in [3.05, 3.63) is 34.0 Å². The summed E-state index contributed by atoms with van der Waals surface area (Å²) in [6.07, 6.45) is 3.77. The van der Waals surface area contributed by atoms with Crippen molar-refractivity contribution < 1.29 is 9.26 Å². The summed E-state index contributed by atoms with van der Waals surface area (Å²) < 4.78 is 12.2. The van der Waals surface area contributed by atoms with Crippen molar-refractivity contribution in [3.8, 4) is 23.5 Å². The third-order valence-corrected chi connectivity index (χ3v) is 8.86. The molecule has 10 nitrogen and oxygen atoms in total. The van der Waals surface area contributed by atoms with Crippen molar-refractivity contribution >= 4 is 22.0 Å². The Bertz CT molecular complexity index is 1340. The van der Waals surface area contributed by atoms with E-state index in [0.29, 0.717) is 33.9 Å². The number of nitrogens with two attached hydrogens (primary N) is 1. The second-order valence-corrected chi connectivity index (χ2v) is 11.6. The first kappa shape index (κ1) is 24.2. The average Bonchev–Trinajstić information content (AvgIpc) is 3.63. The number of nitrogens with zero attached hydrogens (tertiary/aromatic N) is 6. The van der Waals surface area contributed by atoms with Crippen LogP contribution in [0.25, 0.3) is 11.5 Å². The molecule has 11 heteroatoms. The lowest BCUT2D eigenvalue weighted by Gasteiger charge is -2.30. The molecule has 0 radical (unpaired) electrons. The number of aromatic nitrogens is 3. The predicted octanol–water partition coefficient (Wildman–Crippen LogP) is 2.78. The maximum absolute atomic E-state index is 9.82. The summed E-state index contributed by atoms with van der Waals surface area (Å²) in [6.45, 7) is 7.64. The monoisotopic (exact) mass is 520 g/mol. The van der Waals surface area contributed by atoms with Gasteiger partial charge in [-0.25, -0.2) is 4.98 Å². The minimum atomic E-state index is -0.568. The van der Waals surface area contributed by atoms with Crippen molar-refractivity contribution in [2.75, 3.05) is 56.9 Å². The normalized spacial score (nSPS) is 24.1. The van der Waals surface area contributed by atoms with Crippen LogP contribution < -0.4 is 20.7 Å². The largest absolute Gasteiger partial charge is 0.473 e. The maximum Gasteiger partial charge on any atom is 0.237 e. The van der Waals surface area contributed by atoms with Gasteiger partial charge in [0.1, 0.15) is 22.9 Å². The molecule has 2 aliphatic heterocycles. The highest BCUT2D eigenvalue weighted by Gasteiger charge is 2.43. The average molecular weight is 521 g/mol. The van der Waals surface area contributed by atoms with Gasteiger partial charge in [0.05, 0.1) is 11.0 Å². The van der Waals surface area contributed by atoms with E-state index in [0.717, 1.165) is 81.1 Å². The fourth-order valence-electron chi connectivity index (χ4n) is 5.79. The van der Waals surface area contributed by atoms with E-state index in [1.54, 1.807) is 0 Å². The zero-order valence-electron chi connectivity index (χ0n) is 21.3. The number of hydrogen-bond acceptors (Lipinski definition) is 11. The Morgan fingerprint density at radius 2 is 2.11 bits per heavy atom. The van der Waals surface area contributed by atoms with Crippen LogP contribution in [0.2, 0.25) is 0 Å². The molecule has 0 bridgehead atoms. The van der Waals surface area contributed by atoms with Gasteiger partial charge >= 0.3 is 0 Å². The van der Waals surface area contributed by atoms with E-state index in [-0.39, 0.29) is 6.10 Å². The number of thiophene rings is 1. The van der Waals surface area contributed by atoms with Crippen LogP contribution in [0.4, 0.5) is 10.7 Å². The Morgan fingerprint density at radius 3 is 2.86 bits per heavy atom. The van der Waals surface area contributed by atoms with E-state index in [2.05, 4.69) is 40.3 Å². The number of anilines is 2. The van der Waals surface area contributed by atoms with E-state index < -0.39 is 5.41 Å². The number of aryl methyl sites for hydroxylation is 1. The molecule has 0 saturated carbocycles. The van der Waals surface area contributed by atoms with Gasteiger partial charge in [0.15, 0.2) is 0 Å². The SMILES string of the molecule is CN1CC[C@@H](Oc2cc(N3CCNCC3)cc(-c3noc([C@@]4(C)CCCc5sc(N)c(C#N)c54)n3)n2)C1. The van der Waals surface area contributed by atoms with Crippen molar-refractivity contribution in [1.82, 2.24) is 25.3 Å². The molecule has 3 aliphatic rings. The number of nitrogens with one attached hydrogen (secondary N) is 1. The molecule has 194 valence electrons. The van der Waals surface area contributed by atoms with Crippen LogP contribution in [0.15, 0.2) is 16.7 Å². The lowest BCUT2D eigenvalue weighted by Crippen LogP contribution is -2.43. The number of hydrogen-bond donors (Lipinski definition) is 2. The number of nitriles is 1. The quantitative estimate of drug-likeness (QED) is 0.518. The van der Waals surface area contributed by atoms with Gasteiger partial charge < -0.3 is 30.1 Å². The third-order valence-electron chi connectivity index (χ3n) is 7.78. The van der Waals surface area contributed by atoms with Crippen molar-refractivity contribution in [2.45, 2.75) is 44.1 Å². The first-order valence-corrected chi connectivity index (χ1v) is 13.8. The summed E-state index contributed by atoms with van der Waals surface area (Å²) in [7, 11) is 2.11. The fraction of sp³-hybridized carbons (Fsp3) is 0.538. The molecule has 5 heterocycles. The Kier molecular flexibility index (Phi) is 6.26. The van der Waals surface area contributed by atoms with Crippen LogP contribution in [0.5, 0.6) is 5.88 Å². The van der Waals surface area contributed by atoms with Crippen molar-refractivity contribution in [3.63, 3.8) is 0 Å². The number of fused-ring (bicyclic) bond motifs is 1. The molecule has 37 heavy (non-hydrogen) atoms. The Hall–Kier alpha value is -3.20. The highest BCUT2D eigenvalue weighted by molar-refractivity contribution is 7.16. The van der Waals surface area contributed by atoms with Crippen LogP contribution in [-0.4, -0.2) is 72.4 Å². The molecule has 0 spiro atoms. The Morgan fingerprint density at radius 1 is 1.27 bits per heavy atom. The first-order valence-electron chi connectivity index (χ1n) is 12.9. The highest BCUT2D eigenvalue weighted by atomic mass is 32.1. The van der Waals surface area contributed by atoms with Crippen LogP contribution in [0, 0.1) is 11.3 Å². The van der Waals surface area contributed by atoms with Crippen molar-refractivity contribution in [1.29, 1.82) is 5.26 Å². The Balaban J connectivity index is 1.37. The molecule has 2 saturated heterocycles. The second kappa shape index (κ2) is 9.59. The van der Waals surface area contributed by atoms with Crippen molar-refractivity contribution in [2.24, 2.45) is 0 Å². The van der Waals surface area contributed by atoms with Crippen LogP contribution >= 0.6 is 11.3 Å². The van der Waals surface area contributed by atoms with E-state index in [1.165, 1.54) is 11.3 Å². The first-order chi connectivity index (χ1) is 17.9. The summed E-state index contributed by atoms with van der Waals surface area (Å²) in [5, 5.41) is 18.1. The fourth-order valence-corrected chi connectivity index (χ4v) is 6.99. The number of likely N-dealkylation sites (tertiary alicyclic amines) is 1. The van der Waals surface area contributed by atoms with E-state index >= 15 is 0 Å². The molecular formula is C26H32N8O2S. The second-order valence-electron chi connectivity index (χ2n) is 10.4. The number of rotatable bonds is 5. The number of likely N-dealkylation sites (N-methyl/N-ethyl adjacent to an activating group) is 1. The molecule has 2 fully saturated rings. The number of nitrogen functional groups attached to an aromatic ring is 1. The summed E-state index contributed by atoms with van der Waals surface area (Å²) in [5.74, 6) is 1.50. The number of ether oxygens (including phenoxy) is 1. The van der Waals surface area contributed by atoms with E-state index in [9.17, 15) is 5.26 Å². The standard InChI is InChI=1S/C26H32N8O2S/c1-26(6-3-4-20-22(26)18(14-27)23(28)37-20)25-31-24(32-36-25)19-12-16(34-10-7-29-8-11-34)13-21(30-19)35-17-5-9-33(2)15-17/h12-13,17,29H,3-11,15,28H2,1-2H3/t17-,26+/m1/s1. The van der Waals surface area contributed by atoms with Gasteiger partial charge in [-0.3, -0.25) is 0 Å². The molecule has 3 aromatic heterocycles. The molecular weight excluding hydrogens is 488 g/mol. The summed E-state index contributed by atoms with van der Waals surface area (Å²) in [6, 6.07) is 6.35. The Labute approximate surface area is 220 Å². The number of pyridine rings is 1. The van der Waals surface area contributed by atoms with Gasteiger partial charge in [-0.1, -0.05) is 5.16 Å². The lowest BCUT2D eigenvalue weighted by atomic mass is 9.72. The minimum Gasteiger partial charge on any atom is -0.473 e. The molecule has 0 amide bonds. The number of piperazine rings is 1. The van der Waals surface area contributed by atoms with Gasteiger partial charge in [-0.05, 0) is 45.7 Å². The van der Waals surface area contributed by atoms with Gasteiger partial charge in [0.25, 0.3) is 0 Å². The topological polar surface area (TPSA) is 129 Å².